The summed E-state index contributed by atoms with van der Waals surface area (Å²) < 4.78 is 5.61. The summed E-state index contributed by atoms with van der Waals surface area (Å²) in [6.45, 7) is 6.56. The maximum atomic E-state index is 5.61. The Morgan fingerprint density at radius 1 is 0.867 bits per heavy atom. The lowest BCUT2D eigenvalue weighted by Gasteiger charge is -2.40. The number of hydrogen-bond acceptors (Lipinski definition) is 3. The van der Waals surface area contributed by atoms with E-state index in [1.165, 1.54) is 122 Å². The number of hydrogen-bond donors (Lipinski definition) is 0. The van der Waals surface area contributed by atoms with Crippen LogP contribution in [0.3, 0.4) is 0 Å². The van der Waals surface area contributed by atoms with E-state index in [1.54, 1.807) is 5.56 Å². The molecular formula is C27H44N2O. The van der Waals surface area contributed by atoms with E-state index in [0.717, 1.165) is 17.7 Å². The Kier molecular flexibility index (Phi) is 8.51. The standard InChI is InChI=1S/C27H44N2O/c1-30-27-17-10-15-25-23(12-9-16-26(25)27)11-5-2-3-8-18-28-19-21-29(22-20-28)24-13-6-4-7-14-24/h10,15,17,23-24H,2-9,11-14,16,18-22H2,1H3. The Morgan fingerprint density at radius 2 is 1.67 bits per heavy atom. The van der Waals surface area contributed by atoms with Crippen molar-refractivity contribution in [2.75, 3.05) is 39.8 Å². The van der Waals surface area contributed by atoms with E-state index in [1.807, 2.05) is 7.11 Å². The Balaban J connectivity index is 1.09. The average Bonchev–Trinajstić information content (AvgIpc) is 2.82. The quantitative estimate of drug-likeness (QED) is 0.462. The van der Waals surface area contributed by atoms with Crippen LogP contribution in [0.4, 0.5) is 0 Å². The first-order chi connectivity index (χ1) is 14.8. The largest absolute Gasteiger partial charge is 0.496 e. The summed E-state index contributed by atoms with van der Waals surface area (Å²) in [6, 6.07) is 7.58. The molecule has 1 heterocycles. The van der Waals surface area contributed by atoms with E-state index >= 15 is 0 Å². The smallest absolute Gasteiger partial charge is 0.122 e. The topological polar surface area (TPSA) is 15.7 Å². The lowest BCUT2D eigenvalue weighted by molar-refractivity contribution is 0.0781. The molecule has 1 aromatic rings. The molecule has 3 heteroatoms. The zero-order valence-electron chi connectivity index (χ0n) is 19.4. The molecule has 3 aliphatic rings. The molecule has 0 N–H and O–H groups in total. The second-order valence-corrected chi connectivity index (χ2v) is 9.99. The molecule has 0 aromatic heterocycles. The number of fused-ring (bicyclic) bond motifs is 1. The van der Waals surface area contributed by atoms with Crippen LogP contribution < -0.4 is 4.74 Å². The molecule has 1 saturated carbocycles. The van der Waals surface area contributed by atoms with Crippen molar-refractivity contribution in [1.29, 1.82) is 0 Å². The Hall–Kier alpha value is -1.06. The average molecular weight is 413 g/mol. The number of unbranched alkanes of at least 4 members (excludes halogenated alkanes) is 3. The van der Waals surface area contributed by atoms with Gasteiger partial charge < -0.3 is 9.64 Å². The molecule has 1 aliphatic heterocycles. The molecule has 4 rings (SSSR count). The Labute approximate surface area is 185 Å². The summed E-state index contributed by atoms with van der Waals surface area (Å²) >= 11 is 0. The third-order valence-electron chi connectivity index (χ3n) is 8.08. The van der Waals surface area contributed by atoms with Crippen LogP contribution in [0, 0.1) is 0 Å². The fraction of sp³-hybridized carbons (Fsp3) is 0.778. The first-order valence-electron chi connectivity index (χ1n) is 13.0. The summed E-state index contributed by atoms with van der Waals surface area (Å²) in [4.78, 5) is 5.52. The molecule has 0 amide bonds. The third-order valence-corrected chi connectivity index (χ3v) is 8.08. The van der Waals surface area contributed by atoms with Crippen molar-refractivity contribution in [3.8, 4) is 5.75 Å². The monoisotopic (exact) mass is 412 g/mol. The Bertz CT molecular complexity index is 632. The van der Waals surface area contributed by atoms with E-state index < -0.39 is 0 Å². The molecule has 1 saturated heterocycles. The van der Waals surface area contributed by atoms with E-state index in [-0.39, 0.29) is 0 Å². The van der Waals surface area contributed by atoms with Gasteiger partial charge in [-0.25, -0.2) is 0 Å². The minimum absolute atomic E-state index is 0.761. The maximum Gasteiger partial charge on any atom is 0.122 e. The summed E-state index contributed by atoms with van der Waals surface area (Å²) in [7, 11) is 1.81. The van der Waals surface area contributed by atoms with E-state index in [9.17, 15) is 0 Å². The van der Waals surface area contributed by atoms with Crippen molar-refractivity contribution in [2.45, 2.75) is 95.4 Å². The van der Waals surface area contributed by atoms with Gasteiger partial charge in [-0.1, -0.05) is 50.7 Å². The molecule has 1 unspecified atom stereocenters. The fourth-order valence-corrected chi connectivity index (χ4v) is 6.28. The maximum absolute atomic E-state index is 5.61. The van der Waals surface area contributed by atoms with E-state index in [2.05, 4.69) is 28.0 Å². The van der Waals surface area contributed by atoms with Crippen molar-refractivity contribution in [3.63, 3.8) is 0 Å². The van der Waals surface area contributed by atoms with Crippen molar-refractivity contribution in [3.05, 3.63) is 29.3 Å². The number of methoxy groups -OCH3 is 1. The molecule has 0 radical (unpaired) electrons. The highest BCUT2D eigenvalue weighted by Gasteiger charge is 2.25. The fourth-order valence-electron chi connectivity index (χ4n) is 6.28. The van der Waals surface area contributed by atoms with Gasteiger partial charge in [0.15, 0.2) is 0 Å². The number of rotatable bonds is 9. The number of ether oxygens (including phenoxy) is 1. The van der Waals surface area contributed by atoms with Crippen LogP contribution in [0.2, 0.25) is 0 Å². The molecule has 0 bridgehead atoms. The van der Waals surface area contributed by atoms with Gasteiger partial charge in [-0.05, 0) is 74.6 Å². The second kappa shape index (κ2) is 11.5. The van der Waals surface area contributed by atoms with Crippen molar-refractivity contribution in [1.82, 2.24) is 9.80 Å². The van der Waals surface area contributed by atoms with Crippen molar-refractivity contribution in [2.24, 2.45) is 0 Å². The van der Waals surface area contributed by atoms with Crippen LogP contribution in [0.15, 0.2) is 18.2 Å². The predicted molar refractivity (Wildman–Crippen MR) is 127 cm³/mol. The van der Waals surface area contributed by atoms with Gasteiger partial charge in [0, 0.05) is 32.2 Å². The van der Waals surface area contributed by atoms with Crippen LogP contribution in [0.25, 0.3) is 0 Å². The van der Waals surface area contributed by atoms with Crippen LogP contribution in [0.1, 0.15) is 94.1 Å². The highest BCUT2D eigenvalue weighted by atomic mass is 16.5. The van der Waals surface area contributed by atoms with Crippen LogP contribution >= 0.6 is 0 Å². The van der Waals surface area contributed by atoms with Gasteiger partial charge in [0.2, 0.25) is 0 Å². The molecule has 3 nitrogen and oxygen atoms in total. The highest BCUT2D eigenvalue weighted by molar-refractivity contribution is 5.43. The van der Waals surface area contributed by atoms with Crippen LogP contribution in [-0.2, 0) is 6.42 Å². The number of nitrogens with zero attached hydrogens (tertiary/aromatic N) is 2. The van der Waals surface area contributed by atoms with Gasteiger partial charge in [-0.15, -0.1) is 0 Å². The molecule has 0 spiro atoms. The minimum atomic E-state index is 0.761. The van der Waals surface area contributed by atoms with Crippen molar-refractivity contribution < 1.29 is 4.74 Å². The normalized spacial score (nSPS) is 24.0. The van der Waals surface area contributed by atoms with Gasteiger partial charge >= 0.3 is 0 Å². The molecule has 168 valence electrons. The molecule has 1 aromatic carbocycles. The second-order valence-electron chi connectivity index (χ2n) is 9.99. The first kappa shape index (κ1) is 22.1. The first-order valence-corrected chi connectivity index (χ1v) is 13.0. The summed E-state index contributed by atoms with van der Waals surface area (Å²) in [5.74, 6) is 1.87. The SMILES string of the molecule is COc1cccc2c1CCCC2CCCCCCN1CCN(C2CCCCC2)CC1. The van der Waals surface area contributed by atoms with Crippen molar-refractivity contribution >= 4 is 0 Å². The molecule has 1 atom stereocenters. The van der Waals surface area contributed by atoms with Gasteiger partial charge in [0.05, 0.1) is 7.11 Å². The number of benzene rings is 1. The lowest BCUT2D eigenvalue weighted by atomic mass is 9.80. The molecular weight excluding hydrogens is 368 g/mol. The molecule has 30 heavy (non-hydrogen) atoms. The van der Waals surface area contributed by atoms with Gasteiger partial charge in [-0.2, -0.15) is 0 Å². The van der Waals surface area contributed by atoms with Crippen LogP contribution in [0.5, 0.6) is 5.75 Å². The third kappa shape index (κ3) is 5.79. The summed E-state index contributed by atoms with van der Waals surface area (Å²) in [6.07, 6.45) is 18.1. The van der Waals surface area contributed by atoms with E-state index in [4.69, 9.17) is 4.74 Å². The molecule has 2 aliphatic carbocycles. The van der Waals surface area contributed by atoms with Crippen LogP contribution in [-0.4, -0.2) is 55.7 Å². The zero-order chi connectivity index (χ0) is 20.6. The summed E-state index contributed by atoms with van der Waals surface area (Å²) in [5.41, 5.74) is 3.07. The summed E-state index contributed by atoms with van der Waals surface area (Å²) in [5, 5.41) is 0. The van der Waals surface area contributed by atoms with E-state index in [0.29, 0.717) is 0 Å². The van der Waals surface area contributed by atoms with Gasteiger partial charge in [0.25, 0.3) is 0 Å². The highest BCUT2D eigenvalue weighted by Crippen LogP contribution is 2.39. The minimum Gasteiger partial charge on any atom is -0.496 e. The Morgan fingerprint density at radius 3 is 2.47 bits per heavy atom. The predicted octanol–water partition coefficient (Wildman–Crippen LogP) is 6.02. The van der Waals surface area contributed by atoms with Gasteiger partial charge in [0.1, 0.15) is 5.75 Å². The van der Waals surface area contributed by atoms with Gasteiger partial charge in [-0.3, -0.25) is 4.90 Å². The molecule has 2 fully saturated rings. The lowest BCUT2D eigenvalue weighted by Crippen LogP contribution is -2.50. The zero-order valence-corrected chi connectivity index (χ0v) is 19.4. The number of piperazine rings is 1.